The number of furan rings is 1. The standard InChI is InChI=1S/C15H12ClNO3S/c1-10-2-5-12(6-3-10)21(18,19)17-14-9-20-15-8-11(16)4-7-13(14)15/h2-9,17H,1H3. The predicted molar refractivity (Wildman–Crippen MR) is 83.2 cm³/mol. The molecule has 0 fully saturated rings. The molecule has 0 unspecified atom stereocenters. The van der Waals surface area contributed by atoms with Crippen molar-refractivity contribution in [3.63, 3.8) is 0 Å². The van der Waals surface area contributed by atoms with Crippen molar-refractivity contribution >= 4 is 38.3 Å². The fourth-order valence-electron chi connectivity index (χ4n) is 2.00. The normalized spacial score (nSPS) is 11.7. The number of hydrogen-bond donors (Lipinski definition) is 1. The van der Waals surface area contributed by atoms with Crippen LogP contribution in [0.15, 0.2) is 58.0 Å². The van der Waals surface area contributed by atoms with Crippen molar-refractivity contribution in [2.24, 2.45) is 0 Å². The SMILES string of the molecule is Cc1ccc(S(=O)(=O)Nc2coc3cc(Cl)ccc23)cc1. The fourth-order valence-corrected chi connectivity index (χ4v) is 3.22. The fraction of sp³-hybridized carbons (Fsp3) is 0.0667. The molecule has 3 aromatic rings. The second-order valence-corrected chi connectivity index (χ2v) is 6.83. The molecule has 1 N–H and O–H groups in total. The van der Waals surface area contributed by atoms with Gasteiger partial charge in [-0.3, -0.25) is 4.72 Å². The Morgan fingerprint density at radius 2 is 1.81 bits per heavy atom. The average molecular weight is 322 g/mol. The summed E-state index contributed by atoms with van der Waals surface area (Å²) in [5.74, 6) is 0. The lowest BCUT2D eigenvalue weighted by Gasteiger charge is -2.06. The van der Waals surface area contributed by atoms with E-state index >= 15 is 0 Å². The lowest BCUT2D eigenvalue weighted by molar-refractivity contribution is 0.599. The van der Waals surface area contributed by atoms with E-state index in [0.29, 0.717) is 21.7 Å². The van der Waals surface area contributed by atoms with Gasteiger partial charge in [-0.15, -0.1) is 0 Å². The highest BCUT2D eigenvalue weighted by atomic mass is 35.5. The van der Waals surface area contributed by atoms with Crippen molar-refractivity contribution in [3.8, 4) is 0 Å². The summed E-state index contributed by atoms with van der Waals surface area (Å²) in [5, 5.41) is 1.19. The molecule has 6 heteroatoms. The Morgan fingerprint density at radius 3 is 2.52 bits per heavy atom. The van der Waals surface area contributed by atoms with Crippen LogP contribution in [0.25, 0.3) is 11.0 Å². The molecule has 108 valence electrons. The van der Waals surface area contributed by atoms with Gasteiger partial charge in [-0.2, -0.15) is 0 Å². The number of sulfonamides is 1. The molecule has 2 aromatic carbocycles. The highest BCUT2D eigenvalue weighted by Crippen LogP contribution is 2.29. The highest BCUT2D eigenvalue weighted by Gasteiger charge is 2.17. The minimum absolute atomic E-state index is 0.205. The number of anilines is 1. The molecule has 0 atom stereocenters. The van der Waals surface area contributed by atoms with E-state index in [1.54, 1.807) is 42.5 Å². The molecule has 0 aliphatic carbocycles. The first kappa shape index (κ1) is 14.0. The molecule has 0 bridgehead atoms. The van der Waals surface area contributed by atoms with Crippen LogP contribution in [0.2, 0.25) is 5.02 Å². The van der Waals surface area contributed by atoms with E-state index in [4.69, 9.17) is 16.0 Å². The monoisotopic (exact) mass is 321 g/mol. The van der Waals surface area contributed by atoms with Crippen LogP contribution in [-0.4, -0.2) is 8.42 Å². The van der Waals surface area contributed by atoms with E-state index in [1.807, 2.05) is 6.92 Å². The maximum atomic E-state index is 12.3. The Morgan fingerprint density at radius 1 is 1.10 bits per heavy atom. The van der Waals surface area contributed by atoms with Crippen LogP contribution < -0.4 is 4.72 Å². The molecule has 3 rings (SSSR count). The first-order valence-electron chi connectivity index (χ1n) is 6.22. The predicted octanol–water partition coefficient (Wildman–Crippen LogP) is 4.20. The lowest BCUT2D eigenvalue weighted by atomic mass is 10.2. The zero-order valence-electron chi connectivity index (χ0n) is 11.1. The molecule has 0 aliphatic heterocycles. The van der Waals surface area contributed by atoms with Crippen LogP contribution in [0.1, 0.15) is 5.56 Å². The summed E-state index contributed by atoms with van der Waals surface area (Å²) in [5.41, 5.74) is 1.92. The Bertz CT molecular complexity index is 898. The van der Waals surface area contributed by atoms with Crippen LogP contribution >= 0.6 is 11.6 Å². The van der Waals surface area contributed by atoms with Crippen LogP contribution in [0.4, 0.5) is 5.69 Å². The molecule has 4 nitrogen and oxygen atoms in total. The number of hydrogen-bond acceptors (Lipinski definition) is 3. The van der Waals surface area contributed by atoms with Crippen LogP contribution in [0, 0.1) is 6.92 Å². The number of fused-ring (bicyclic) bond motifs is 1. The van der Waals surface area contributed by atoms with E-state index in [2.05, 4.69) is 4.72 Å². The van der Waals surface area contributed by atoms with Gasteiger partial charge in [0, 0.05) is 16.5 Å². The third kappa shape index (κ3) is 2.75. The lowest BCUT2D eigenvalue weighted by Crippen LogP contribution is -2.12. The third-order valence-electron chi connectivity index (χ3n) is 3.11. The quantitative estimate of drug-likeness (QED) is 0.786. The molecular weight excluding hydrogens is 310 g/mol. The van der Waals surface area contributed by atoms with Crippen molar-refractivity contribution < 1.29 is 12.8 Å². The van der Waals surface area contributed by atoms with E-state index in [0.717, 1.165) is 5.56 Å². The number of benzene rings is 2. The van der Waals surface area contributed by atoms with E-state index in [-0.39, 0.29) is 4.90 Å². The molecule has 0 radical (unpaired) electrons. The molecule has 0 saturated carbocycles. The summed E-state index contributed by atoms with van der Waals surface area (Å²) < 4.78 is 32.5. The van der Waals surface area contributed by atoms with Gasteiger partial charge in [0.05, 0.1) is 10.6 Å². The summed E-state index contributed by atoms with van der Waals surface area (Å²) >= 11 is 5.87. The second-order valence-electron chi connectivity index (χ2n) is 4.71. The maximum Gasteiger partial charge on any atom is 0.262 e. The molecule has 0 saturated heterocycles. The zero-order valence-corrected chi connectivity index (χ0v) is 12.7. The highest BCUT2D eigenvalue weighted by molar-refractivity contribution is 7.92. The van der Waals surface area contributed by atoms with Crippen molar-refractivity contribution in [3.05, 3.63) is 59.3 Å². The van der Waals surface area contributed by atoms with Crippen molar-refractivity contribution in [1.29, 1.82) is 0 Å². The number of aryl methyl sites for hydroxylation is 1. The smallest absolute Gasteiger partial charge is 0.262 e. The minimum atomic E-state index is -3.64. The Kier molecular flexibility index (Phi) is 3.39. The third-order valence-corrected chi connectivity index (χ3v) is 4.73. The van der Waals surface area contributed by atoms with Crippen LogP contribution in [0.3, 0.4) is 0 Å². The average Bonchev–Trinajstić information content (AvgIpc) is 2.81. The van der Waals surface area contributed by atoms with Gasteiger partial charge in [0.25, 0.3) is 10.0 Å². The first-order chi connectivity index (χ1) is 9.95. The van der Waals surface area contributed by atoms with Crippen LogP contribution in [0.5, 0.6) is 0 Å². The van der Waals surface area contributed by atoms with Crippen molar-refractivity contribution in [2.45, 2.75) is 11.8 Å². The van der Waals surface area contributed by atoms with Gasteiger partial charge in [-0.05, 0) is 31.2 Å². The maximum absolute atomic E-state index is 12.3. The van der Waals surface area contributed by atoms with Crippen LogP contribution in [-0.2, 0) is 10.0 Å². The van der Waals surface area contributed by atoms with Crippen molar-refractivity contribution in [2.75, 3.05) is 4.72 Å². The topological polar surface area (TPSA) is 59.3 Å². The van der Waals surface area contributed by atoms with E-state index in [1.165, 1.54) is 6.26 Å². The van der Waals surface area contributed by atoms with Crippen molar-refractivity contribution in [1.82, 2.24) is 0 Å². The second kappa shape index (κ2) is 5.09. The molecule has 0 amide bonds. The summed E-state index contributed by atoms with van der Waals surface area (Å²) in [6.07, 6.45) is 1.37. The molecule has 0 spiro atoms. The first-order valence-corrected chi connectivity index (χ1v) is 8.08. The summed E-state index contributed by atoms with van der Waals surface area (Å²) in [6.45, 7) is 1.90. The van der Waals surface area contributed by atoms with Gasteiger partial charge in [-0.25, -0.2) is 8.42 Å². The largest absolute Gasteiger partial charge is 0.462 e. The minimum Gasteiger partial charge on any atom is -0.462 e. The van der Waals surface area contributed by atoms with Gasteiger partial charge in [0.2, 0.25) is 0 Å². The van der Waals surface area contributed by atoms with E-state index in [9.17, 15) is 8.42 Å². The molecule has 1 aromatic heterocycles. The Labute approximate surface area is 127 Å². The summed E-state index contributed by atoms with van der Waals surface area (Å²) in [6, 6.07) is 11.7. The molecule has 21 heavy (non-hydrogen) atoms. The molecule has 0 aliphatic rings. The van der Waals surface area contributed by atoms with Gasteiger partial charge in [0.1, 0.15) is 11.8 Å². The van der Waals surface area contributed by atoms with Gasteiger partial charge < -0.3 is 4.42 Å². The Hall–Kier alpha value is -1.98. The molecule has 1 heterocycles. The summed E-state index contributed by atoms with van der Waals surface area (Å²) in [4.78, 5) is 0.205. The molecular formula is C15H12ClNO3S. The number of rotatable bonds is 3. The van der Waals surface area contributed by atoms with E-state index < -0.39 is 10.0 Å². The Balaban J connectivity index is 1.99. The van der Waals surface area contributed by atoms with Gasteiger partial charge >= 0.3 is 0 Å². The summed E-state index contributed by atoms with van der Waals surface area (Å²) in [7, 11) is -3.64. The number of nitrogens with one attached hydrogen (secondary N) is 1. The van der Waals surface area contributed by atoms with Gasteiger partial charge in [0.15, 0.2) is 0 Å². The zero-order chi connectivity index (χ0) is 15.0. The van der Waals surface area contributed by atoms with Gasteiger partial charge in [-0.1, -0.05) is 29.3 Å². The number of halogens is 1.